The Hall–Kier alpha value is -3.37. The number of sulfonamides is 1. The summed E-state index contributed by atoms with van der Waals surface area (Å²) in [5.41, 5.74) is 2.82. The van der Waals surface area contributed by atoms with Gasteiger partial charge in [-0.15, -0.1) is 0 Å². The van der Waals surface area contributed by atoms with E-state index in [2.05, 4.69) is 14.6 Å². The Morgan fingerprint density at radius 2 is 1.81 bits per heavy atom. The van der Waals surface area contributed by atoms with Crippen molar-refractivity contribution in [1.29, 1.82) is 0 Å². The van der Waals surface area contributed by atoms with E-state index in [0.717, 1.165) is 11.1 Å². The van der Waals surface area contributed by atoms with Gasteiger partial charge in [0.1, 0.15) is 11.6 Å². The van der Waals surface area contributed by atoms with Crippen molar-refractivity contribution in [3.8, 4) is 16.9 Å². The summed E-state index contributed by atoms with van der Waals surface area (Å²) in [6.45, 7) is 8.81. The topological polar surface area (TPSA) is 72.7 Å². The molecule has 2 aromatic carbocycles. The minimum absolute atomic E-state index is 0.0733. The van der Waals surface area contributed by atoms with Gasteiger partial charge in [0, 0.05) is 17.3 Å². The maximum absolute atomic E-state index is 12.7. The highest BCUT2D eigenvalue weighted by molar-refractivity contribution is 7.92. The van der Waals surface area contributed by atoms with Crippen molar-refractivity contribution in [2.45, 2.75) is 11.8 Å². The molecule has 0 bridgehead atoms. The first kappa shape index (κ1) is 18.4. The summed E-state index contributed by atoms with van der Waals surface area (Å²) in [4.78, 5) is 7.60. The molecule has 0 spiro atoms. The molecule has 0 amide bonds. The number of benzene rings is 2. The maximum Gasteiger partial charge on any atom is 0.263 e. The zero-order valence-corrected chi connectivity index (χ0v) is 15.6. The third kappa shape index (κ3) is 4.07. The zero-order valence-electron chi connectivity index (χ0n) is 14.8. The van der Waals surface area contributed by atoms with E-state index in [1.54, 1.807) is 55.5 Å². The van der Waals surface area contributed by atoms with Crippen LogP contribution in [0.15, 0.2) is 65.6 Å². The molecular formula is C20H17N3O3S. The van der Waals surface area contributed by atoms with Crippen LogP contribution >= 0.6 is 0 Å². The summed E-state index contributed by atoms with van der Waals surface area (Å²) in [5, 5.41) is 0. The van der Waals surface area contributed by atoms with Crippen LogP contribution in [0.5, 0.6) is 5.75 Å². The van der Waals surface area contributed by atoms with Crippen LogP contribution in [0.25, 0.3) is 16.0 Å². The summed E-state index contributed by atoms with van der Waals surface area (Å²) in [6, 6.07) is 16.8. The Balaban J connectivity index is 1.96. The molecule has 136 valence electrons. The van der Waals surface area contributed by atoms with Gasteiger partial charge in [-0.05, 0) is 36.8 Å². The Kier molecular flexibility index (Phi) is 5.10. The van der Waals surface area contributed by atoms with Crippen LogP contribution < -0.4 is 9.46 Å². The van der Waals surface area contributed by atoms with Crippen LogP contribution in [0.4, 0.5) is 11.5 Å². The summed E-state index contributed by atoms with van der Waals surface area (Å²) in [5.74, 6) is 0.679. The van der Waals surface area contributed by atoms with E-state index >= 15 is 0 Å². The summed E-state index contributed by atoms with van der Waals surface area (Å²) >= 11 is 0. The summed E-state index contributed by atoms with van der Waals surface area (Å²) in [7, 11) is -2.32. The number of hydrogen-bond donors (Lipinski definition) is 1. The predicted octanol–water partition coefficient (Wildman–Crippen LogP) is 4.42. The monoisotopic (exact) mass is 379 g/mol. The van der Waals surface area contributed by atoms with Crippen molar-refractivity contribution >= 4 is 21.5 Å². The third-order valence-corrected chi connectivity index (χ3v) is 5.27. The molecule has 7 heteroatoms. The van der Waals surface area contributed by atoms with E-state index in [1.165, 1.54) is 19.2 Å². The quantitative estimate of drug-likeness (QED) is 0.666. The average Bonchev–Trinajstić information content (AvgIpc) is 2.67. The zero-order chi connectivity index (χ0) is 19.4. The molecule has 0 saturated carbocycles. The number of hydrogen-bond acceptors (Lipinski definition) is 4. The lowest BCUT2D eigenvalue weighted by Gasteiger charge is -2.12. The van der Waals surface area contributed by atoms with Gasteiger partial charge in [-0.1, -0.05) is 30.3 Å². The van der Waals surface area contributed by atoms with Crippen LogP contribution in [-0.4, -0.2) is 20.5 Å². The van der Waals surface area contributed by atoms with Gasteiger partial charge in [-0.2, -0.15) is 0 Å². The lowest BCUT2D eigenvalue weighted by atomic mass is 10.0. The minimum atomic E-state index is -3.80. The normalized spacial score (nSPS) is 10.9. The number of pyridine rings is 1. The molecule has 1 heterocycles. The molecule has 0 saturated heterocycles. The smallest absolute Gasteiger partial charge is 0.263 e. The van der Waals surface area contributed by atoms with Crippen molar-refractivity contribution < 1.29 is 13.2 Å². The van der Waals surface area contributed by atoms with Gasteiger partial charge in [-0.3, -0.25) is 4.72 Å². The van der Waals surface area contributed by atoms with Gasteiger partial charge < -0.3 is 4.74 Å². The molecule has 6 nitrogen and oxygen atoms in total. The van der Waals surface area contributed by atoms with Gasteiger partial charge in [0.05, 0.1) is 18.6 Å². The van der Waals surface area contributed by atoms with E-state index < -0.39 is 10.0 Å². The Labute approximate surface area is 158 Å². The van der Waals surface area contributed by atoms with Crippen LogP contribution in [0.1, 0.15) is 5.69 Å². The molecule has 1 aromatic heterocycles. The number of aromatic nitrogens is 1. The van der Waals surface area contributed by atoms with Gasteiger partial charge in [0.15, 0.2) is 5.69 Å². The molecule has 0 aliphatic carbocycles. The first-order chi connectivity index (χ1) is 12.9. The van der Waals surface area contributed by atoms with Gasteiger partial charge in [0.2, 0.25) is 0 Å². The number of anilines is 1. The highest BCUT2D eigenvalue weighted by atomic mass is 32.2. The fourth-order valence-electron chi connectivity index (χ4n) is 2.59. The fraction of sp³-hybridized carbons (Fsp3) is 0.100. The summed E-state index contributed by atoms with van der Waals surface area (Å²) < 4.78 is 33.2. The molecule has 0 fully saturated rings. The predicted molar refractivity (Wildman–Crippen MR) is 104 cm³/mol. The second-order valence-corrected chi connectivity index (χ2v) is 7.47. The van der Waals surface area contributed by atoms with E-state index in [-0.39, 0.29) is 10.7 Å². The van der Waals surface area contributed by atoms with E-state index in [0.29, 0.717) is 17.1 Å². The lowest BCUT2D eigenvalue weighted by Crippen LogP contribution is -2.14. The van der Waals surface area contributed by atoms with Crippen molar-refractivity contribution in [3.63, 3.8) is 0 Å². The van der Waals surface area contributed by atoms with Crippen LogP contribution in [0.2, 0.25) is 0 Å². The first-order valence-corrected chi connectivity index (χ1v) is 9.53. The molecule has 3 rings (SSSR count). The number of methoxy groups -OCH3 is 1. The van der Waals surface area contributed by atoms with Crippen LogP contribution in [0.3, 0.4) is 0 Å². The minimum Gasteiger partial charge on any atom is -0.496 e. The SMILES string of the molecule is [C-]#[N+]c1ccc(-c2ccc(S(=O)(=O)Nc3cccc(C)n3)cc2OC)cc1. The van der Waals surface area contributed by atoms with E-state index in [9.17, 15) is 8.42 Å². The molecular weight excluding hydrogens is 362 g/mol. The molecule has 0 aliphatic heterocycles. The molecule has 27 heavy (non-hydrogen) atoms. The molecule has 0 atom stereocenters. The van der Waals surface area contributed by atoms with Crippen molar-refractivity contribution in [1.82, 2.24) is 4.98 Å². The Morgan fingerprint density at radius 3 is 2.44 bits per heavy atom. The van der Waals surface area contributed by atoms with Gasteiger partial charge in [-0.25, -0.2) is 18.2 Å². The Morgan fingerprint density at radius 1 is 1.07 bits per heavy atom. The van der Waals surface area contributed by atoms with Gasteiger partial charge in [0.25, 0.3) is 10.0 Å². The lowest BCUT2D eigenvalue weighted by molar-refractivity contribution is 0.415. The molecule has 3 aromatic rings. The van der Waals surface area contributed by atoms with Crippen LogP contribution in [0, 0.1) is 13.5 Å². The van der Waals surface area contributed by atoms with Crippen molar-refractivity contribution in [2.24, 2.45) is 0 Å². The number of nitrogens with one attached hydrogen (secondary N) is 1. The molecule has 0 aliphatic rings. The third-order valence-electron chi connectivity index (χ3n) is 3.92. The van der Waals surface area contributed by atoms with Crippen molar-refractivity contribution in [3.05, 3.63) is 77.8 Å². The number of rotatable bonds is 5. The first-order valence-electron chi connectivity index (χ1n) is 8.05. The maximum atomic E-state index is 12.7. The molecule has 0 radical (unpaired) electrons. The van der Waals surface area contributed by atoms with Crippen molar-refractivity contribution in [2.75, 3.05) is 11.8 Å². The van der Waals surface area contributed by atoms with E-state index in [4.69, 9.17) is 11.3 Å². The standard InChI is InChI=1S/C20H17N3O3S/c1-14-5-4-6-20(22-14)23-27(24,25)17-11-12-18(19(13-17)26-3)15-7-9-16(21-2)10-8-15/h4-13H,1,3H3,(H,22,23). The average molecular weight is 379 g/mol. The molecule has 1 N–H and O–H groups in total. The fourth-order valence-corrected chi connectivity index (χ4v) is 3.61. The largest absolute Gasteiger partial charge is 0.496 e. The van der Waals surface area contributed by atoms with E-state index in [1.807, 2.05) is 0 Å². The highest BCUT2D eigenvalue weighted by Gasteiger charge is 2.18. The number of ether oxygens (including phenoxy) is 1. The highest BCUT2D eigenvalue weighted by Crippen LogP contribution is 2.33. The van der Waals surface area contributed by atoms with Gasteiger partial charge >= 0.3 is 0 Å². The number of nitrogens with zero attached hydrogens (tertiary/aromatic N) is 2. The molecule has 0 unspecified atom stereocenters. The second-order valence-electron chi connectivity index (χ2n) is 5.79. The second kappa shape index (κ2) is 7.48. The summed E-state index contributed by atoms with van der Waals surface area (Å²) in [6.07, 6.45) is 0. The Bertz CT molecular complexity index is 1120. The number of aryl methyl sites for hydroxylation is 1. The van der Waals surface area contributed by atoms with Crippen LogP contribution in [-0.2, 0) is 10.0 Å².